The minimum absolute atomic E-state index is 0.0659. The molecule has 3 atom stereocenters. The fourth-order valence-corrected chi connectivity index (χ4v) is 2.37. The fraction of sp³-hybridized carbons (Fsp3) is 0.450. The first-order valence-electron chi connectivity index (χ1n) is 8.42. The first-order valence-corrected chi connectivity index (χ1v) is 8.42. The molecule has 1 aromatic rings. The second kappa shape index (κ2) is 11.1. The summed E-state index contributed by atoms with van der Waals surface area (Å²) in [6.07, 6.45) is -2.12. The number of hydrogen-bond acceptors (Lipinski definition) is 6. The molecule has 27 heavy (non-hydrogen) atoms. The van der Waals surface area contributed by atoms with Crippen LogP contribution in [-0.2, 0) is 30.5 Å². The number of ketones is 1. The number of Topliss-reactive ketones (excluding diaryl/α,β-unsaturated/α-hetero) is 1. The largest absolute Gasteiger partial charge is 0.479 e. The number of hydrogen-bond donors (Lipinski definition) is 2. The Bertz CT molecular complexity index is 726. The van der Waals surface area contributed by atoms with Crippen LogP contribution in [0.25, 0.3) is 0 Å². The Morgan fingerprint density at radius 1 is 1.33 bits per heavy atom. The third-order valence-corrected chi connectivity index (χ3v) is 3.52. The van der Waals surface area contributed by atoms with Crippen molar-refractivity contribution in [3.63, 3.8) is 0 Å². The third kappa shape index (κ3) is 8.49. The number of aryl methyl sites for hydroxylation is 1. The van der Waals surface area contributed by atoms with Gasteiger partial charge in [-0.15, -0.1) is 0 Å². The van der Waals surface area contributed by atoms with Crippen LogP contribution in [0, 0.1) is 18.8 Å². The van der Waals surface area contributed by atoms with E-state index < -0.39 is 24.3 Å². The summed E-state index contributed by atoms with van der Waals surface area (Å²) in [7, 11) is 0. The van der Waals surface area contributed by atoms with Gasteiger partial charge in [-0.25, -0.2) is 4.79 Å². The van der Waals surface area contributed by atoms with Crippen LogP contribution < -0.4 is 0 Å². The van der Waals surface area contributed by atoms with Gasteiger partial charge in [0.15, 0.2) is 6.10 Å². The number of carbonyl (C=O) groups excluding carboxylic acids is 2. The van der Waals surface area contributed by atoms with Gasteiger partial charge in [-0.05, 0) is 32.4 Å². The van der Waals surface area contributed by atoms with Crippen LogP contribution >= 0.6 is 0 Å². The summed E-state index contributed by atoms with van der Waals surface area (Å²) in [6, 6.07) is 5.56. The van der Waals surface area contributed by atoms with Gasteiger partial charge in [-0.2, -0.15) is 0 Å². The van der Waals surface area contributed by atoms with Crippen molar-refractivity contribution in [2.75, 3.05) is 0 Å². The van der Waals surface area contributed by atoms with E-state index >= 15 is 0 Å². The number of ether oxygens (including phenoxy) is 2. The number of aliphatic hydroxyl groups is 1. The van der Waals surface area contributed by atoms with Gasteiger partial charge in [0.25, 0.3) is 6.47 Å². The van der Waals surface area contributed by atoms with Gasteiger partial charge in [0.1, 0.15) is 18.5 Å². The van der Waals surface area contributed by atoms with Crippen molar-refractivity contribution >= 4 is 18.2 Å². The van der Waals surface area contributed by atoms with Gasteiger partial charge < -0.3 is 24.5 Å². The second-order valence-corrected chi connectivity index (χ2v) is 6.32. The van der Waals surface area contributed by atoms with Crippen molar-refractivity contribution in [3.05, 3.63) is 34.9 Å². The van der Waals surface area contributed by atoms with Crippen LogP contribution in [0.3, 0.4) is 0 Å². The Balaban J connectivity index is 0.000000828. The zero-order valence-corrected chi connectivity index (χ0v) is 15.6. The Morgan fingerprint density at radius 3 is 2.59 bits per heavy atom. The zero-order valence-electron chi connectivity index (χ0n) is 15.6. The fourth-order valence-electron chi connectivity index (χ4n) is 2.37. The molecule has 0 bridgehead atoms. The Kier molecular flexibility index (Phi) is 9.20. The van der Waals surface area contributed by atoms with Gasteiger partial charge in [-0.1, -0.05) is 24.0 Å². The predicted molar refractivity (Wildman–Crippen MR) is 96.8 cm³/mol. The van der Waals surface area contributed by atoms with E-state index in [0.717, 1.165) is 11.1 Å². The highest BCUT2D eigenvalue weighted by Gasteiger charge is 2.31. The zero-order chi connectivity index (χ0) is 20.4. The van der Waals surface area contributed by atoms with Crippen molar-refractivity contribution in [1.82, 2.24) is 0 Å². The van der Waals surface area contributed by atoms with E-state index in [9.17, 15) is 19.5 Å². The summed E-state index contributed by atoms with van der Waals surface area (Å²) >= 11 is 0. The number of aliphatic hydroxyl groups excluding tert-OH is 1. The Hall–Kier alpha value is -2.69. The molecule has 3 unspecified atom stereocenters. The monoisotopic (exact) mass is 376 g/mol. The number of benzene rings is 1. The summed E-state index contributed by atoms with van der Waals surface area (Å²) in [5.41, 5.74) is 2.43. The maximum atomic E-state index is 11.0. The van der Waals surface area contributed by atoms with E-state index in [-0.39, 0.29) is 25.2 Å². The highest BCUT2D eigenvalue weighted by Crippen LogP contribution is 2.20. The number of rotatable bonds is 4. The molecule has 7 heteroatoms. The molecule has 1 heterocycles. The average molecular weight is 376 g/mol. The van der Waals surface area contributed by atoms with Gasteiger partial charge >= 0.3 is 5.97 Å². The minimum Gasteiger partial charge on any atom is -0.479 e. The quantitative estimate of drug-likeness (QED) is 0.607. The molecule has 0 radical (unpaired) electrons. The molecule has 0 amide bonds. The number of aliphatic carboxylic acids is 1. The summed E-state index contributed by atoms with van der Waals surface area (Å²) in [5, 5.41) is 18.7. The lowest BCUT2D eigenvalue weighted by atomic mass is 10.00. The summed E-state index contributed by atoms with van der Waals surface area (Å²) in [4.78, 5) is 30.8. The van der Waals surface area contributed by atoms with Crippen LogP contribution in [0.2, 0.25) is 0 Å². The second-order valence-electron chi connectivity index (χ2n) is 6.32. The number of carboxylic acid groups (broad SMARTS) is 1. The Morgan fingerprint density at radius 2 is 2.00 bits per heavy atom. The SMILES string of the molecule is CC(C)=O.Cc1ccc(COC=O)c(C#CC2CC(O)CC(C(=O)O)O2)c1. The molecule has 1 aromatic carbocycles. The van der Waals surface area contributed by atoms with E-state index in [1.165, 1.54) is 13.8 Å². The average Bonchev–Trinajstić information content (AvgIpc) is 2.58. The molecule has 1 aliphatic heterocycles. The van der Waals surface area contributed by atoms with Gasteiger partial charge in [0, 0.05) is 24.0 Å². The molecule has 0 aliphatic carbocycles. The first-order chi connectivity index (χ1) is 12.7. The highest BCUT2D eigenvalue weighted by molar-refractivity contribution is 5.72. The van der Waals surface area contributed by atoms with Crippen molar-refractivity contribution in [3.8, 4) is 11.8 Å². The third-order valence-electron chi connectivity index (χ3n) is 3.52. The number of carboxylic acids is 1. The predicted octanol–water partition coefficient (Wildman–Crippen LogP) is 1.61. The molecule has 7 nitrogen and oxygen atoms in total. The summed E-state index contributed by atoms with van der Waals surface area (Å²) in [5.74, 6) is 4.86. The van der Waals surface area contributed by atoms with E-state index in [0.29, 0.717) is 12.0 Å². The van der Waals surface area contributed by atoms with Crippen LogP contribution in [0.4, 0.5) is 0 Å². The molecule has 1 fully saturated rings. The number of carbonyl (C=O) groups is 3. The summed E-state index contributed by atoms with van der Waals surface area (Å²) in [6.45, 7) is 5.45. The van der Waals surface area contributed by atoms with Crippen LogP contribution in [0.15, 0.2) is 18.2 Å². The van der Waals surface area contributed by atoms with Crippen molar-refractivity contribution in [1.29, 1.82) is 0 Å². The van der Waals surface area contributed by atoms with Crippen LogP contribution in [0.5, 0.6) is 0 Å². The van der Waals surface area contributed by atoms with Crippen molar-refractivity contribution in [2.24, 2.45) is 0 Å². The van der Waals surface area contributed by atoms with Gasteiger partial charge in [-0.3, -0.25) is 4.79 Å². The smallest absolute Gasteiger partial charge is 0.332 e. The van der Waals surface area contributed by atoms with E-state index in [4.69, 9.17) is 14.6 Å². The first kappa shape index (κ1) is 22.4. The van der Waals surface area contributed by atoms with Crippen molar-refractivity contribution < 1.29 is 34.1 Å². The molecule has 0 saturated carbocycles. The molecular formula is C20H24O7. The van der Waals surface area contributed by atoms with E-state index in [1.807, 2.05) is 25.1 Å². The molecule has 1 saturated heterocycles. The molecule has 2 N–H and O–H groups in total. The van der Waals surface area contributed by atoms with Crippen molar-refractivity contribution in [2.45, 2.75) is 58.5 Å². The normalized spacial score (nSPS) is 21.0. The molecule has 1 aliphatic rings. The molecule has 0 spiro atoms. The lowest BCUT2D eigenvalue weighted by molar-refractivity contribution is -0.161. The van der Waals surface area contributed by atoms with Crippen LogP contribution in [-0.4, -0.2) is 46.7 Å². The maximum Gasteiger partial charge on any atom is 0.332 e. The topological polar surface area (TPSA) is 110 Å². The van der Waals surface area contributed by atoms with Gasteiger partial charge in [0.2, 0.25) is 0 Å². The van der Waals surface area contributed by atoms with E-state index in [2.05, 4.69) is 11.8 Å². The molecule has 0 aromatic heterocycles. The highest BCUT2D eigenvalue weighted by atomic mass is 16.5. The lowest BCUT2D eigenvalue weighted by Crippen LogP contribution is -2.39. The Labute approximate surface area is 158 Å². The van der Waals surface area contributed by atoms with Gasteiger partial charge in [0.05, 0.1) is 6.10 Å². The molecular weight excluding hydrogens is 352 g/mol. The standard InChI is InChI=1S/C17H18O6.C3H6O/c1-11-2-3-13(9-22-10-18)12(6-11)4-5-15-7-14(19)8-16(23-15)17(20)21;1-3(2)4/h2-3,6,10,14-16,19H,7-9H2,1H3,(H,20,21);1-2H3. The van der Waals surface area contributed by atoms with E-state index in [1.54, 1.807) is 0 Å². The summed E-state index contributed by atoms with van der Waals surface area (Å²) < 4.78 is 10.1. The molecule has 2 rings (SSSR count). The minimum atomic E-state index is -1.11. The molecule has 146 valence electrons. The van der Waals surface area contributed by atoms with Crippen LogP contribution in [0.1, 0.15) is 43.4 Å². The maximum absolute atomic E-state index is 11.0. The lowest BCUT2D eigenvalue weighted by Gasteiger charge is -2.27.